The zero-order chi connectivity index (χ0) is 22.7. The Bertz CT molecular complexity index is 1120. The first-order valence-corrected chi connectivity index (χ1v) is 11.3. The number of para-hydroxylation sites is 1. The maximum atomic E-state index is 14.3. The van der Waals surface area contributed by atoms with Crippen LogP contribution < -0.4 is 4.90 Å². The van der Waals surface area contributed by atoms with Gasteiger partial charge in [-0.3, -0.25) is 9.59 Å². The molecule has 1 aliphatic rings. The molecular weight excluding hydrogens is 396 g/mol. The number of carbonyl (C=O) groups excluding carboxylic acids is 2. The highest BCUT2D eigenvalue weighted by molar-refractivity contribution is 6.09. The van der Waals surface area contributed by atoms with E-state index in [2.05, 4.69) is 18.2 Å². The van der Waals surface area contributed by atoms with Crippen LogP contribution in [0, 0.1) is 0 Å². The Morgan fingerprint density at radius 2 is 1.44 bits per heavy atom. The Morgan fingerprint density at radius 1 is 0.844 bits per heavy atom. The predicted octanol–water partition coefficient (Wildman–Crippen LogP) is 5.26. The van der Waals surface area contributed by atoms with Gasteiger partial charge in [-0.1, -0.05) is 72.8 Å². The van der Waals surface area contributed by atoms with Crippen molar-refractivity contribution in [3.63, 3.8) is 0 Å². The van der Waals surface area contributed by atoms with Crippen molar-refractivity contribution < 1.29 is 9.59 Å². The van der Waals surface area contributed by atoms with Crippen LogP contribution in [-0.4, -0.2) is 36.9 Å². The molecule has 4 heteroatoms. The van der Waals surface area contributed by atoms with Crippen molar-refractivity contribution in [3.05, 3.63) is 90.0 Å². The summed E-state index contributed by atoms with van der Waals surface area (Å²) in [5.41, 5.74) is 3.89. The summed E-state index contributed by atoms with van der Waals surface area (Å²) >= 11 is 0. The minimum absolute atomic E-state index is 0.00607. The van der Waals surface area contributed by atoms with Gasteiger partial charge in [0.15, 0.2) is 0 Å². The molecule has 4 rings (SSSR count). The second-order valence-corrected chi connectivity index (χ2v) is 8.26. The van der Waals surface area contributed by atoms with Gasteiger partial charge in [0.25, 0.3) is 0 Å². The summed E-state index contributed by atoms with van der Waals surface area (Å²) in [5, 5.41) is 0. The van der Waals surface area contributed by atoms with E-state index in [4.69, 9.17) is 0 Å². The van der Waals surface area contributed by atoms with Gasteiger partial charge in [-0.25, -0.2) is 0 Å². The molecule has 32 heavy (non-hydrogen) atoms. The molecule has 4 nitrogen and oxygen atoms in total. The molecule has 0 bridgehead atoms. The van der Waals surface area contributed by atoms with Crippen molar-refractivity contribution in [2.45, 2.75) is 32.1 Å². The second-order valence-electron chi connectivity index (χ2n) is 8.26. The van der Waals surface area contributed by atoms with Gasteiger partial charge in [-0.15, -0.1) is 0 Å². The van der Waals surface area contributed by atoms with Crippen molar-refractivity contribution in [3.8, 4) is 11.1 Å². The Balaban J connectivity index is 1.95. The molecule has 0 aromatic heterocycles. The molecule has 0 aliphatic carbocycles. The van der Waals surface area contributed by atoms with Crippen LogP contribution in [0.1, 0.15) is 37.8 Å². The molecular formula is C28H30N2O2. The highest BCUT2D eigenvalue weighted by Crippen LogP contribution is 2.48. The molecule has 0 saturated carbocycles. The summed E-state index contributed by atoms with van der Waals surface area (Å²) in [7, 11) is 1.84. The number of carbonyl (C=O) groups is 2. The quantitative estimate of drug-likeness (QED) is 0.539. The van der Waals surface area contributed by atoms with E-state index in [1.54, 1.807) is 4.90 Å². The van der Waals surface area contributed by atoms with Gasteiger partial charge in [0.05, 0.1) is 5.69 Å². The molecule has 0 radical (unpaired) electrons. The van der Waals surface area contributed by atoms with Crippen molar-refractivity contribution in [2.75, 3.05) is 25.0 Å². The van der Waals surface area contributed by atoms with E-state index >= 15 is 0 Å². The molecule has 3 aromatic carbocycles. The fraction of sp³-hybridized carbons (Fsp3) is 0.286. The van der Waals surface area contributed by atoms with E-state index in [1.807, 2.05) is 86.5 Å². The van der Waals surface area contributed by atoms with Crippen LogP contribution in [-0.2, 0) is 15.0 Å². The predicted molar refractivity (Wildman–Crippen MR) is 130 cm³/mol. The van der Waals surface area contributed by atoms with Crippen LogP contribution in [0.2, 0.25) is 0 Å². The van der Waals surface area contributed by atoms with Gasteiger partial charge < -0.3 is 9.80 Å². The first kappa shape index (κ1) is 21.8. The second kappa shape index (κ2) is 8.99. The zero-order valence-corrected chi connectivity index (χ0v) is 19.0. The smallest absolute Gasteiger partial charge is 0.241 e. The normalized spacial score (nSPS) is 17.3. The molecule has 0 N–H and O–H groups in total. The van der Waals surface area contributed by atoms with Crippen molar-refractivity contribution >= 4 is 17.5 Å². The molecule has 2 amide bonds. The maximum Gasteiger partial charge on any atom is 0.241 e. The Morgan fingerprint density at radius 3 is 2.12 bits per heavy atom. The largest absolute Gasteiger partial charge is 0.343 e. The molecule has 0 spiro atoms. The minimum atomic E-state index is -0.950. The number of hydrogen-bond donors (Lipinski definition) is 0. The number of anilines is 1. The summed E-state index contributed by atoms with van der Waals surface area (Å²) < 4.78 is 0. The molecule has 0 saturated heterocycles. The van der Waals surface area contributed by atoms with Crippen LogP contribution >= 0.6 is 0 Å². The summed E-state index contributed by atoms with van der Waals surface area (Å²) in [6.07, 6.45) is 0.724. The van der Waals surface area contributed by atoms with E-state index < -0.39 is 5.41 Å². The molecule has 1 aliphatic heterocycles. The number of nitrogens with zero attached hydrogens (tertiary/aromatic N) is 2. The summed E-state index contributed by atoms with van der Waals surface area (Å²) in [4.78, 5) is 30.9. The topological polar surface area (TPSA) is 40.6 Å². The van der Waals surface area contributed by atoms with Crippen LogP contribution in [0.25, 0.3) is 11.1 Å². The number of rotatable bonds is 6. The molecule has 1 atom stereocenters. The molecule has 1 heterocycles. The SMILES string of the molecule is CCN(CC)C(=O)CC[C@@]1(c2ccccc2)C(=O)N(C)c2ccccc2-c2ccccc21. The van der Waals surface area contributed by atoms with E-state index in [9.17, 15) is 9.59 Å². The third-order valence-electron chi connectivity index (χ3n) is 6.71. The van der Waals surface area contributed by atoms with Gasteiger partial charge in [-0.05, 0) is 43.0 Å². The first-order chi connectivity index (χ1) is 15.5. The monoisotopic (exact) mass is 426 g/mol. The van der Waals surface area contributed by atoms with Crippen molar-refractivity contribution in [1.29, 1.82) is 0 Å². The minimum Gasteiger partial charge on any atom is -0.343 e. The molecule has 164 valence electrons. The van der Waals surface area contributed by atoms with Gasteiger partial charge in [0, 0.05) is 32.1 Å². The highest BCUT2D eigenvalue weighted by Gasteiger charge is 2.47. The lowest BCUT2D eigenvalue weighted by atomic mass is 9.68. The van der Waals surface area contributed by atoms with Gasteiger partial charge >= 0.3 is 0 Å². The maximum absolute atomic E-state index is 14.3. The number of amides is 2. The van der Waals surface area contributed by atoms with Crippen LogP contribution in [0.4, 0.5) is 5.69 Å². The van der Waals surface area contributed by atoms with Gasteiger partial charge in [0.2, 0.25) is 11.8 Å². The average Bonchev–Trinajstić information content (AvgIpc) is 2.92. The molecule has 3 aromatic rings. The summed E-state index contributed by atoms with van der Waals surface area (Å²) in [5.74, 6) is 0.0773. The van der Waals surface area contributed by atoms with E-state index in [-0.39, 0.29) is 11.8 Å². The molecule has 0 fully saturated rings. The fourth-order valence-electron chi connectivity index (χ4n) is 5.01. The Kier molecular flexibility index (Phi) is 6.13. The number of likely N-dealkylation sites (N-methyl/N-ethyl adjacent to an activating group) is 1. The van der Waals surface area contributed by atoms with Gasteiger partial charge in [-0.2, -0.15) is 0 Å². The first-order valence-electron chi connectivity index (χ1n) is 11.3. The lowest BCUT2D eigenvalue weighted by Gasteiger charge is -2.36. The summed E-state index contributed by atoms with van der Waals surface area (Å²) in [6, 6.07) is 26.1. The Labute approximate surface area is 190 Å². The van der Waals surface area contributed by atoms with Crippen LogP contribution in [0.3, 0.4) is 0 Å². The third kappa shape index (κ3) is 3.50. The van der Waals surface area contributed by atoms with E-state index in [0.29, 0.717) is 25.9 Å². The average molecular weight is 427 g/mol. The van der Waals surface area contributed by atoms with Gasteiger partial charge in [0.1, 0.15) is 5.41 Å². The summed E-state index contributed by atoms with van der Waals surface area (Å²) in [6.45, 7) is 5.32. The number of fused-ring (bicyclic) bond motifs is 3. The van der Waals surface area contributed by atoms with Crippen LogP contribution in [0.5, 0.6) is 0 Å². The standard InChI is InChI=1S/C28H30N2O2/c1-4-30(5-2)26(31)19-20-28(21-13-7-6-8-14-21)24-17-11-9-15-22(24)23-16-10-12-18-25(23)29(3)27(28)32/h6-18H,4-5,19-20H2,1-3H3/t28-/m0/s1. The number of hydrogen-bond acceptors (Lipinski definition) is 2. The Hall–Kier alpha value is -3.40. The lowest BCUT2D eigenvalue weighted by molar-refractivity contribution is -0.131. The van der Waals surface area contributed by atoms with Crippen LogP contribution in [0.15, 0.2) is 78.9 Å². The lowest BCUT2D eigenvalue weighted by Crippen LogP contribution is -2.46. The fourth-order valence-corrected chi connectivity index (χ4v) is 5.01. The van der Waals surface area contributed by atoms with E-state index in [1.165, 1.54) is 0 Å². The van der Waals surface area contributed by atoms with Crippen molar-refractivity contribution in [1.82, 2.24) is 4.90 Å². The highest BCUT2D eigenvalue weighted by atomic mass is 16.2. The van der Waals surface area contributed by atoms with E-state index in [0.717, 1.165) is 27.9 Å². The van der Waals surface area contributed by atoms with Crippen molar-refractivity contribution in [2.24, 2.45) is 0 Å². The molecule has 0 unspecified atom stereocenters. The number of benzene rings is 3. The zero-order valence-electron chi connectivity index (χ0n) is 19.0. The third-order valence-corrected chi connectivity index (χ3v) is 6.71.